The molecule has 3 rings (SSSR count). The SMILES string of the molecule is CCOC(=O)c1nnc(N=Nc2cc3c(cc2NSC(F)(F)F)N(CC)C(C)CC3)s1. The molecule has 1 aromatic heterocycles. The van der Waals surface area contributed by atoms with Crippen LogP contribution >= 0.6 is 23.3 Å². The van der Waals surface area contributed by atoms with E-state index in [1.807, 2.05) is 6.92 Å². The van der Waals surface area contributed by atoms with Gasteiger partial charge in [0.15, 0.2) is 0 Å². The van der Waals surface area contributed by atoms with Gasteiger partial charge in [-0.05, 0) is 51.3 Å². The van der Waals surface area contributed by atoms with Crippen LogP contribution in [0.3, 0.4) is 0 Å². The van der Waals surface area contributed by atoms with E-state index in [1.165, 1.54) is 0 Å². The fraction of sp³-hybridized carbons (Fsp3) is 0.500. The van der Waals surface area contributed by atoms with E-state index in [2.05, 4.69) is 37.0 Å². The Hall–Kier alpha value is -2.41. The molecule has 2 aromatic rings. The van der Waals surface area contributed by atoms with Gasteiger partial charge in [-0.1, -0.05) is 11.3 Å². The molecule has 0 aliphatic carbocycles. The maximum Gasteiger partial charge on any atom is 0.461 e. The zero-order chi connectivity index (χ0) is 22.6. The highest BCUT2D eigenvalue weighted by Crippen LogP contribution is 2.42. The molecule has 1 aromatic carbocycles. The molecule has 8 nitrogen and oxygen atoms in total. The fourth-order valence-corrected chi connectivity index (χ4v) is 4.18. The largest absolute Gasteiger partial charge is 0.461 e. The monoisotopic (exact) mass is 474 g/mol. The zero-order valence-electron chi connectivity index (χ0n) is 17.1. The lowest BCUT2D eigenvalue weighted by Crippen LogP contribution is -2.37. The summed E-state index contributed by atoms with van der Waals surface area (Å²) in [5, 5.41) is 15.7. The molecule has 1 aliphatic heterocycles. The smallest absolute Gasteiger partial charge is 0.461 e. The highest BCUT2D eigenvalue weighted by Gasteiger charge is 2.30. The Bertz CT molecular complexity index is 966. The number of nitrogens with one attached hydrogen (secondary N) is 1. The zero-order valence-corrected chi connectivity index (χ0v) is 18.7. The van der Waals surface area contributed by atoms with E-state index < -0.39 is 11.5 Å². The topological polar surface area (TPSA) is 92.1 Å². The van der Waals surface area contributed by atoms with Crippen molar-refractivity contribution in [3.05, 3.63) is 22.7 Å². The van der Waals surface area contributed by atoms with Crippen molar-refractivity contribution in [3.63, 3.8) is 0 Å². The van der Waals surface area contributed by atoms with Gasteiger partial charge in [0.2, 0.25) is 5.01 Å². The molecule has 168 valence electrons. The van der Waals surface area contributed by atoms with Crippen molar-refractivity contribution in [2.75, 3.05) is 22.8 Å². The summed E-state index contributed by atoms with van der Waals surface area (Å²) in [6.07, 6.45) is 1.72. The van der Waals surface area contributed by atoms with Crippen molar-refractivity contribution in [2.45, 2.75) is 45.2 Å². The van der Waals surface area contributed by atoms with Crippen LogP contribution in [-0.2, 0) is 11.2 Å². The Morgan fingerprint density at radius 2 is 2.13 bits per heavy atom. The second-order valence-corrected chi connectivity index (χ2v) is 8.46. The average molecular weight is 475 g/mol. The van der Waals surface area contributed by atoms with Crippen molar-refractivity contribution >= 4 is 51.4 Å². The number of anilines is 2. The standard InChI is InChI=1S/C18H21F3N6O2S2/c1-4-27-10(3)6-7-11-8-12(13(9-14(11)27)26-31-18(19,20)21)22-24-17-25-23-15(30-17)16(28)29-5-2/h8-10,26H,4-7H2,1-3H3. The number of hydrogen-bond acceptors (Lipinski definition) is 10. The molecule has 0 amide bonds. The minimum absolute atomic E-state index is 0.0276. The van der Waals surface area contributed by atoms with E-state index >= 15 is 0 Å². The molecule has 2 heterocycles. The van der Waals surface area contributed by atoms with E-state index in [0.717, 1.165) is 42.0 Å². The summed E-state index contributed by atoms with van der Waals surface area (Å²) in [5.74, 6) is -0.618. The number of carbonyl (C=O) groups excluding carboxylic acids is 1. The summed E-state index contributed by atoms with van der Waals surface area (Å²) < 4.78 is 45.5. The minimum atomic E-state index is -4.46. The highest BCUT2D eigenvalue weighted by molar-refractivity contribution is 8.01. The van der Waals surface area contributed by atoms with E-state index in [4.69, 9.17) is 4.74 Å². The number of azo groups is 1. The molecule has 0 saturated carbocycles. The van der Waals surface area contributed by atoms with Crippen LogP contribution in [0.15, 0.2) is 22.4 Å². The van der Waals surface area contributed by atoms with E-state index in [0.29, 0.717) is 0 Å². The lowest BCUT2D eigenvalue weighted by molar-refractivity contribution is -0.0323. The number of fused-ring (bicyclic) bond motifs is 1. The molecule has 0 radical (unpaired) electrons. The van der Waals surface area contributed by atoms with Crippen LogP contribution in [0, 0.1) is 0 Å². The number of rotatable bonds is 7. The van der Waals surface area contributed by atoms with Crippen LogP contribution in [-0.4, -0.2) is 40.9 Å². The third kappa shape index (κ3) is 5.85. The summed E-state index contributed by atoms with van der Waals surface area (Å²) in [7, 11) is 0. The van der Waals surface area contributed by atoms with Crippen LogP contribution in [0.1, 0.15) is 42.6 Å². The van der Waals surface area contributed by atoms with E-state index in [1.54, 1.807) is 19.1 Å². The number of ether oxygens (including phenoxy) is 1. The highest BCUT2D eigenvalue weighted by atomic mass is 32.2. The predicted molar refractivity (Wildman–Crippen MR) is 115 cm³/mol. The van der Waals surface area contributed by atoms with E-state index in [-0.39, 0.29) is 46.1 Å². The number of nitrogens with zero attached hydrogens (tertiary/aromatic N) is 5. The molecule has 0 spiro atoms. The van der Waals surface area contributed by atoms with Crippen molar-refractivity contribution < 1.29 is 22.7 Å². The molecule has 0 bridgehead atoms. The van der Waals surface area contributed by atoms with Gasteiger partial charge in [0.05, 0.1) is 24.2 Å². The van der Waals surface area contributed by atoms with Crippen molar-refractivity contribution in [1.82, 2.24) is 10.2 Å². The van der Waals surface area contributed by atoms with Gasteiger partial charge in [0, 0.05) is 18.3 Å². The molecule has 0 fully saturated rings. The Morgan fingerprint density at radius 1 is 1.35 bits per heavy atom. The summed E-state index contributed by atoms with van der Waals surface area (Å²) in [6, 6.07) is 3.70. The number of aromatic nitrogens is 2. The number of halogens is 3. The first-order valence-corrected chi connectivity index (χ1v) is 11.2. The first-order chi connectivity index (χ1) is 14.7. The summed E-state index contributed by atoms with van der Waals surface area (Å²) in [5.41, 5.74) is -2.16. The van der Waals surface area contributed by atoms with Crippen molar-refractivity contribution in [1.29, 1.82) is 0 Å². The van der Waals surface area contributed by atoms with Crippen LogP contribution < -0.4 is 9.62 Å². The van der Waals surface area contributed by atoms with Gasteiger partial charge in [0.1, 0.15) is 5.69 Å². The van der Waals surface area contributed by atoms with Gasteiger partial charge >= 0.3 is 11.5 Å². The summed E-state index contributed by atoms with van der Waals surface area (Å²) >= 11 is 0.525. The third-order valence-electron chi connectivity index (χ3n) is 4.59. The lowest BCUT2D eigenvalue weighted by Gasteiger charge is -2.36. The van der Waals surface area contributed by atoms with E-state index in [9.17, 15) is 18.0 Å². The molecule has 1 unspecified atom stereocenters. The van der Waals surface area contributed by atoms with Crippen LogP contribution in [0.2, 0.25) is 0 Å². The molecule has 1 aliphatic rings. The lowest BCUT2D eigenvalue weighted by atomic mass is 9.95. The quantitative estimate of drug-likeness (QED) is 0.305. The predicted octanol–water partition coefficient (Wildman–Crippen LogP) is 5.87. The summed E-state index contributed by atoms with van der Waals surface area (Å²) in [6.45, 7) is 6.71. The Morgan fingerprint density at radius 3 is 2.81 bits per heavy atom. The van der Waals surface area contributed by atoms with Gasteiger partial charge in [-0.3, -0.25) is 0 Å². The molecule has 1 N–H and O–H groups in total. The first kappa shape index (κ1) is 23.3. The van der Waals surface area contributed by atoms with Crippen LogP contribution in [0.5, 0.6) is 0 Å². The van der Waals surface area contributed by atoms with Gasteiger partial charge in [0.25, 0.3) is 5.13 Å². The fourth-order valence-electron chi connectivity index (χ4n) is 3.23. The number of aryl methyl sites for hydroxylation is 1. The first-order valence-electron chi connectivity index (χ1n) is 9.58. The molecule has 31 heavy (non-hydrogen) atoms. The average Bonchev–Trinajstić information content (AvgIpc) is 3.19. The molecular formula is C18H21F3N6O2S2. The van der Waals surface area contributed by atoms with Gasteiger partial charge < -0.3 is 14.4 Å². The Kier molecular flexibility index (Phi) is 7.36. The molecule has 1 atom stereocenters. The number of alkyl halides is 3. The number of hydrogen-bond donors (Lipinski definition) is 1. The number of esters is 1. The van der Waals surface area contributed by atoms with Crippen LogP contribution in [0.4, 0.5) is 35.4 Å². The van der Waals surface area contributed by atoms with Gasteiger partial charge in [-0.25, -0.2) is 4.79 Å². The molecular weight excluding hydrogens is 453 g/mol. The van der Waals surface area contributed by atoms with Gasteiger partial charge in [-0.15, -0.1) is 20.4 Å². The minimum Gasteiger partial charge on any atom is -0.461 e. The van der Waals surface area contributed by atoms with Crippen molar-refractivity contribution in [2.24, 2.45) is 10.2 Å². The molecule has 0 saturated heterocycles. The summed E-state index contributed by atoms with van der Waals surface area (Å²) in [4.78, 5) is 13.9. The van der Waals surface area contributed by atoms with Crippen LogP contribution in [0.25, 0.3) is 0 Å². The second kappa shape index (κ2) is 9.81. The Labute approximate surface area is 185 Å². The number of benzene rings is 1. The third-order valence-corrected chi connectivity index (χ3v) is 5.94. The maximum atomic E-state index is 12.8. The van der Waals surface area contributed by atoms with Crippen molar-refractivity contribution in [3.8, 4) is 0 Å². The normalized spacial score (nSPS) is 16.5. The Balaban J connectivity index is 1.92. The number of carbonyl (C=O) groups is 1. The molecule has 13 heteroatoms. The second-order valence-electron chi connectivity index (χ2n) is 6.63. The van der Waals surface area contributed by atoms with Gasteiger partial charge in [-0.2, -0.15) is 13.2 Å². The maximum absolute atomic E-state index is 12.8.